The molecule has 0 fully saturated rings. The average Bonchev–Trinajstić information content (AvgIpc) is 2.46. The average molecular weight is 311 g/mol. The van der Waals surface area contributed by atoms with Crippen LogP contribution in [-0.4, -0.2) is 13.7 Å². The molecule has 0 amide bonds. The highest BCUT2D eigenvalue weighted by molar-refractivity contribution is 6.33. The molecular weight excluding hydrogens is 295 g/mol. The summed E-state index contributed by atoms with van der Waals surface area (Å²) in [6, 6.07) is 13.1. The summed E-state index contributed by atoms with van der Waals surface area (Å²) in [6.07, 6.45) is 0. The number of methoxy groups -OCH3 is 1. The van der Waals surface area contributed by atoms with Crippen LogP contribution in [0.15, 0.2) is 42.5 Å². The topological polar surface area (TPSA) is 47.3 Å². The van der Waals surface area contributed by atoms with Crippen LogP contribution in [0.4, 0.5) is 5.69 Å². The number of rotatable bonds is 5. The molecule has 2 aromatic rings. The predicted molar refractivity (Wildman–Crippen MR) is 84.9 cm³/mol. The third-order valence-corrected chi connectivity index (χ3v) is 3.64. The van der Waals surface area contributed by atoms with Crippen LogP contribution in [0.25, 0.3) is 0 Å². The SMILES string of the molecule is COc1ccc(C(CN)Nc2ccccc2Cl)cc1Cl. The Kier molecular flexibility index (Phi) is 5.12. The van der Waals surface area contributed by atoms with Crippen LogP contribution in [0.5, 0.6) is 5.75 Å². The molecule has 0 bridgehead atoms. The first-order chi connectivity index (χ1) is 9.65. The normalized spacial score (nSPS) is 12.0. The molecule has 2 rings (SSSR count). The van der Waals surface area contributed by atoms with Crippen molar-refractivity contribution in [2.24, 2.45) is 5.73 Å². The van der Waals surface area contributed by atoms with Gasteiger partial charge < -0.3 is 15.8 Å². The lowest BCUT2D eigenvalue weighted by Crippen LogP contribution is -2.20. The van der Waals surface area contributed by atoms with Crippen LogP contribution in [0, 0.1) is 0 Å². The zero-order valence-corrected chi connectivity index (χ0v) is 12.6. The minimum atomic E-state index is -0.0710. The van der Waals surface area contributed by atoms with Gasteiger partial charge in [-0.15, -0.1) is 0 Å². The molecule has 3 N–H and O–H groups in total. The first kappa shape index (κ1) is 15.0. The van der Waals surface area contributed by atoms with Crippen LogP contribution in [0.1, 0.15) is 11.6 Å². The van der Waals surface area contributed by atoms with Gasteiger partial charge in [0.2, 0.25) is 0 Å². The monoisotopic (exact) mass is 310 g/mol. The number of anilines is 1. The Hall–Kier alpha value is -1.42. The summed E-state index contributed by atoms with van der Waals surface area (Å²) in [5.74, 6) is 0.643. The summed E-state index contributed by atoms with van der Waals surface area (Å²) in [4.78, 5) is 0. The lowest BCUT2D eigenvalue weighted by atomic mass is 10.1. The first-order valence-corrected chi connectivity index (χ1v) is 6.96. The lowest BCUT2D eigenvalue weighted by Gasteiger charge is -2.20. The number of benzene rings is 2. The summed E-state index contributed by atoms with van der Waals surface area (Å²) in [5.41, 5.74) is 7.67. The predicted octanol–water partition coefficient (Wildman–Crippen LogP) is 4.11. The van der Waals surface area contributed by atoms with Crippen molar-refractivity contribution in [1.82, 2.24) is 0 Å². The molecule has 20 heavy (non-hydrogen) atoms. The smallest absolute Gasteiger partial charge is 0.137 e. The minimum Gasteiger partial charge on any atom is -0.495 e. The molecule has 106 valence electrons. The largest absolute Gasteiger partial charge is 0.495 e. The van der Waals surface area contributed by atoms with Gasteiger partial charge in [-0.1, -0.05) is 41.4 Å². The van der Waals surface area contributed by atoms with Crippen LogP contribution in [-0.2, 0) is 0 Å². The first-order valence-electron chi connectivity index (χ1n) is 6.20. The van der Waals surface area contributed by atoms with Gasteiger partial charge in [-0.3, -0.25) is 0 Å². The van der Waals surface area contributed by atoms with E-state index in [1.807, 2.05) is 42.5 Å². The summed E-state index contributed by atoms with van der Waals surface area (Å²) in [6.45, 7) is 0.424. The maximum absolute atomic E-state index is 6.15. The molecule has 0 aliphatic rings. The molecule has 1 unspecified atom stereocenters. The quantitative estimate of drug-likeness (QED) is 0.873. The summed E-state index contributed by atoms with van der Waals surface area (Å²) < 4.78 is 5.15. The maximum Gasteiger partial charge on any atom is 0.137 e. The number of ether oxygens (including phenoxy) is 1. The van der Waals surface area contributed by atoms with Crippen molar-refractivity contribution >= 4 is 28.9 Å². The van der Waals surface area contributed by atoms with Crippen molar-refractivity contribution in [3.63, 3.8) is 0 Å². The van der Waals surface area contributed by atoms with Gasteiger partial charge in [0.1, 0.15) is 5.75 Å². The summed E-state index contributed by atoms with van der Waals surface area (Å²) in [5, 5.41) is 4.54. The Morgan fingerprint density at radius 1 is 1.15 bits per heavy atom. The van der Waals surface area contributed by atoms with E-state index in [-0.39, 0.29) is 6.04 Å². The fourth-order valence-corrected chi connectivity index (χ4v) is 2.40. The van der Waals surface area contributed by atoms with Crippen LogP contribution in [0.3, 0.4) is 0 Å². The molecule has 0 aliphatic carbocycles. The third kappa shape index (κ3) is 3.37. The van der Waals surface area contributed by atoms with Crippen molar-refractivity contribution in [3.8, 4) is 5.75 Å². The van der Waals surface area contributed by atoms with E-state index >= 15 is 0 Å². The molecule has 0 saturated carbocycles. The second-order valence-corrected chi connectivity index (χ2v) is 5.12. The number of hydrogen-bond donors (Lipinski definition) is 2. The van der Waals surface area contributed by atoms with Gasteiger partial charge in [-0.25, -0.2) is 0 Å². The van der Waals surface area contributed by atoms with Gasteiger partial charge in [0.25, 0.3) is 0 Å². The highest BCUT2D eigenvalue weighted by Gasteiger charge is 2.13. The molecule has 0 heterocycles. The van der Waals surface area contributed by atoms with E-state index in [4.69, 9.17) is 33.7 Å². The zero-order chi connectivity index (χ0) is 14.5. The van der Waals surface area contributed by atoms with Crippen LogP contribution in [0.2, 0.25) is 10.0 Å². The van der Waals surface area contributed by atoms with Crippen molar-refractivity contribution in [2.45, 2.75) is 6.04 Å². The Morgan fingerprint density at radius 2 is 1.90 bits per heavy atom. The second kappa shape index (κ2) is 6.84. The van der Waals surface area contributed by atoms with Gasteiger partial charge in [0, 0.05) is 6.54 Å². The molecule has 0 aliphatic heterocycles. The van der Waals surface area contributed by atoms with E-state index < -0.39 is 0 Å². The van der Waals surface area contributed by atoms with Gasteiger partial charge in [-0.2, -0.15) is 0 Å². The number of halogens is 2. The molecular formula is C15H16Cl2N2O. The van der Waals surface area contributed by atoms with E-state index in [9.17, 15) is 0 Å². The van der Waals surface area contributed by atoms with Gasteiger partial charge >= 0.3 is 0 Å². The van der Waals surface area contributed by atoms with E-state index in [0.29, 0.717) is 22.3 Å². The molecule has 5 heteroatoms. The van der Waals surface area contributed by atoms with E-state index in [1.54, 1.807) is 7.11 Å². The summed E-state index contributed by atoms with van der Waals surface area (Å²) in [7, 11) is 1.59. The fourth-order valence-electron chi connectivity index (χ4n) is 1.94. The molecule has 2 aromatic carbocycles. The van der Waals surface area contributed by atoms with Crippen molar-refractivity contribution in [1.29, 1.82) is 0 Å². The van der Waals surface area contributed by atoms with Crippen LogP contribution >= 0.6 is 23.2 Å². The Morgan fingerprint density at radius 3 is 2.50 bits per heavy atom. The van der Waals surface area contributed by atoms with Gasteiger partial charge in [-0.05, 0) is 29.8 Å². The highest BCUT2D eigenvalue weighted by atomic mass is 35.5. The second-order valence-electron chi connectivity index (χ2n) is 4.31. The number of nitrogens with two attached hydrogens (primary N) is 1. The van der Waals surface area contributed by atoms with E-state index in [2.05, 4.69) is 5.32 Å². The van der Waals surface area contributed by atoms with E-state index in [1.165, 1.54) is 0 Å². The highest BCUT2D eigenvalue weighted by Crippen LogP contribution is 2.30. The molecule has 0 spiro atoms. The molecule has 3 nitrogen and oxygen atoms in total. The van der Waals surface area contributed by atoms with Gasteiger partial charge in [0.15, 0.2) is 0 Å². The molecule has 1 atom stereocenters. The Balaban J connectivity index is 2.24. The third-order valence-electron chi connectivity index (χ3n) is 3.02. The lowest BCUT2D eigenvalue weighted by molar-refractivity contribution is 0.415. The number of para-hydroxylation sites is 1. The standard InChI is InChI=1S/C15H16Cl2N2O/c1-20-15-7-6-10(8-12(15)17)14(9-18)19-13-5-3-2-4-11(13)16/h2-8,14,19H,9,18H2,1H3. The molecule has 0 aromatic heterocycles. The van der Waals surface area contributed by atoms with Gasteiger partial charge in [0.05, 0.1) is 28.9 Å². The van der Waals surface area contributed by atoms with E-state index in [0.717, 1.165) is 11.3 Å². The Bertz CT molecular complexity index is 590. The van der Waals surface area contributed by atoms with Crippen molar-refractivity contribution < 1.29 is 4.74 Å². The molecule has 0 saturated heterocycles. The van der Waals surface area contributed by atoms with Crippen molar-refractivity contribution in [2.75, 3.05) is 19.0 Å². The van der Waals surface area contributed by atoms with Crippen molar-refractivity contribution in [3.05, 3.63) is 58.1 Å². The fraction of sp³-hybridized carbons (Fsp3) is 0.200. The number of hydrogen-bond acceptors (Lipinski definition) is 3. The molecule has 0 radical (unpaired) electrons. The van der Waals surface area contributed by atoms with Crippen LogP contribution < -0.4 is 15.8 Å². The zero-order valence-electron chi connectivity index (χ0n) is 11.1. The minimum absolute atomic E-state index is 0.0710. The Labute approximate surface area is 128 Å². The maximum atomic E-state index is 6.15. The number of nitrogens with one attached hydrogen (secondary N) is 1. The summed E-state index contributed by atoms with van der Waals surface area (Å²) >= 11 is 12.3.